The highest BCUT2D eigenvalue weighted by atomic mass is 16.5. The summed E-state index contributed by atoms with van der Waals surface area (Å²) in [7, 11) is 0. The predicted octanol–water partition coefficient (Wildman–Crippen LogP) is 4.95. The Bertz CT molecular complexity index is 974. The first-order valence-corrected chi connectivity index (χ1v) is 12.4. The van der Waals surface area contributed by atoms with E-state index in [1.165, 1.54) is 22.3 Å². The molecule has 0 saturated heterocycles. The lowest BCUT2D eigenvalue weighted by molar-refractivity contribution is -0.137. The Morgan fingerprint density at radius 3 is 2.17 bits per heavy atom. The van der Waals surface area contributed by atoms with Gasteiger partial charge in [-0.15, -0.1) is 0 Å². The van der Waals surface area contributed by atoms with Crippen LogP contribution in [0.1, 0.15) is 63.0 Å². The Kier molecular flexibility index (Phi) is 9.70. The quantitative estimate of drug-likeness (QED) is 0.352. The number of aliphatic carboxylic acids is 1. The van der Waals surface area contributed by atoms with Gasteiger partial charge >= 0.3 is 12.1 Å². The molecule has 7 heteroatoms. The van der Waals surface area contributed by atoms with E-state index in [-0.39, 0.29) is 30.8 Å². The van der Waals surface area contributed by atoms with Gasteiger partial charge in [0.05, 0.1) is 0 Å². The number of hydrogen-bond donors (Lipinski definition) is 3. The monoisotopic (exact) mass is 480 g/mol. The maximum Gasteiger partial charge on any atom is 0.407 e. The van der Waals surface area contributed by atoms with Gasteiger partial charge in [0.1, 0.15) is 6.61 Å². The van der Waals surface area contributed by atoms with Gasteiger partial charge in [0.2, 0.25) is 5.91 Å². The molecule has 0 radical (unpaired) electrons. The number of hydrogen-bond acceptors (Lipinski definition) is 4. The van der Waals surface area contributed by atoms with E-state index in [1.54, 1.807) is 0 Å². The summed E-state index contributed by atoms with van der Waals surface area (Å²) in [5.41, 5.74) is 4.70. The van der Waals surface area contributed by atoms with Crippen molar-refractivity contribution in [3.63, 3.8) is 0 Å². The van der Waals surface area contributed by atoms with E-state index in [0.29, 0.717) is 38.3 Å². The van der Waals surface area contributed by atoms with Crippen molar-refractivity contribution in [2.45, 2.75) is 51.9 Å². The Morgan fingerprint density at radius 1 is 0.943 bits per heavy atom. The summed E-state index contributed by atoms with van der Waals surface area (Å²) in [4.78, 5) is 35.4. The number of amides is 2. The zero-order valence-electron chi connectivity index (χ0n) is 20.6. The first kappa shape index (κ1) is 26.3. The fraction of sp³-hybridized carbons (Fsp3) is 0.464. The minimum Gasteiger partial charge on any atom is -0.481 e. The maximum absolute atomic E-state index is 12.5. The first-order chi connectivity index (χ1) is 16.8. The van der Waals surface area contributed by atoms with Gasteiger partial charge in [-0.05, 0) is 53.4 Å². The Morgan fingerprint density at radius 2 is 1.57 bits per heavy atom. The molecule has 7 nitrogen and oxygen atoms in total. The molecule has 0 aliphatic heterocycles. The second-order valence-corrected chi connectivity index (χ2v) is 9.61. The van der Waals surface area contributed by atoms with Crippen LogP contribution in [-0.2, 0) is 14.3 Å². The second-order valence-electron chi connectivity index (χ2n) is 9.61. The van der Waals surface area contributed by atoms with Crippen LogP contribution in [0.15, 0.2) is 48.5 Å². The number of fused-ring (bicyclic) bond motifs is 3. The number of carbonyl (C=O) groups excluding carboxylic acids is 2. The fourth-order valence-electron chi connectivity index (χ4n) is 4.75. The molecule has 1 aliphatic carbocycles. The predicted molar refractivity (Wildman–Crippen MR) is 135 cm³/mol. The van der Waals surface area contributed by atoms with Crippen molar-refractivity contribution in [2.75, 3.05) is 19.7 Å². The number of nitrogens with one attached hydrogen (secondary N) is 2. The van der Waals surface area contributed by atoms with Crippen LogP contribution in [-0.4, -0.2) is 42.8 Å². The summed E-state index contributed by atoms with van der Waals surface area (Å²) in [6.07, 6.45) is 1.90. The number of ether oxygens (including phenoxy) is 1. The third kappa shape index (κ3) is 7.84. The number of unbranched alkanes of at least 4 members (excludes halogenated alkanes) is 1. The van der Waals surface area contributed by atoms with E-state index >= 15 is 0 Å². The Balaban J connectivity index is 1.47. The van der Waals surface area contributed by atoms with Crippen LogP contribution in [0.2, 0.25) is 0 Å². The normalized spacial score (nSPS) is 13.1. The fourth-order valence-corrected chi connectivity index (χ4v) is 4.75. The average Bonchev–Trinajstić information content (AvgIpc) is 3.14. The molecule has 0 saturated carbocycles. The molecular weight excluding hydrogens is 444 g/mol. The van der Waals surface area contributed by atoms with E-state index in [1.807, 2.05) is 24.3 Å². The van der Waals surface area contributed by atoms with Gasteiger partial charge in [-0.25, -0.2) is 4.79 Å². The minimum atomic E-state index is -0.826. The van der Waals surface area contributed by atoms with Crippen molar-refractivity contribution >= 4 is 18.0 Å². The minimum absolute atomic E-state index is 0.00509. The molecule has 188 valence electrons. The number of rotatable bonds is 13. The SMILES string of the molecule is CC(C)C[C@H](CNC(=O)OCC1c2ccccc2-c2ccccc21)CC(=O)NCCCCC(=O)O. The van der Waals surface area contributed by atoms with Crippen molar-refractivity contribution in [1.29, 1.82) is 0 Å². The Hall–Kier alpha value is -3.35. The van der Waals surface area contributed by atoms with Crippen molar-refractivity contribution in [3.8, 4) is 11.1 Å². The van der Waals surface area contributed by atoms with Crippen LogP contribution in [0.5, 0.6) is 0 Å². The summed E-state index contributed by atoms with van der Waals surface area (Å²) < 4.78 is 5.61. The van der Waals surface area contributed by atoms with Crippen molar-refractivity contribution in [3.05, 3.63) is 59.7 Å². The van der Waals surface area contributed by atoms with E-state index < -0.39 is 12.1 Å². The lowest BCUT2D eigenvalue weighted by Crippen LogP contribution is -2.34. The third-order valence-electron chi connectivity index (χ3n) is 6.30. The van der Waals surface area contributed by atoms with Crippen molar-refractivity contribution in [1.82, 2.24) is 10.6 Å². The van der Waals surface area contributed by atoms with E-state index in [0.717, 1.165) is 6.42 Å². The van der Waals surface area contributed by atoms with Crippen LogP contribution in [0.3, 0.4) is 0 Å². The van der Waals surface area contributed by atoms with Gasteiger partial charge in [0.25, 0.3) is 0 Å². The molecule has 0 fully saturated rings. The second kappa shape index (κ2) is 12.9. The van der Waals surface area contributed by atoms with Gasteiger partial charge in [0.15, 0.2) is 0 Å². The van der Waals surface area contributed by atoms with E-state index in [2.05, 4.69) is 48.7 Å². The number of carboxylic acids is 1. The molecule has 0 bridgehead atoms. The van der Waals surface area contributed by atoms with Crippen molar-refractivity contribution < 1.29 is 24.2 Å². The molecule has 0 aromatic heterocycles. The van der Waals surface area contributed by atoms with Crippen LogP contribution >= 0.6 is 0 Å². The van der Waals surface area contributed by atoms with Crippen molar-refractivity contribution in [2.24, 2.45) is 11.8 Å². The highest BCUT2D eigenvalue weighted by Crippen LogP contribution is 2.44. The smallest absolute Gasteiger partial charge is 0.407 e. The molecule has 3 N–H and O–H groups in total. The summed E-state index contributed by atoms with van der Waals surface area (Å²) in [6.45, 7) is 5.25. The maximum atomic E-state index is 12.5. The third-order valence-corrected chi connectivity index (χ3v) is 6.30. The summed E-state index contributed by atoms with van der Waals surface area (Å²) in [6, 6.07) is 16.4. The summed E-state index contributed by atoms with van der Waals surface area (Å²) >= 11 is 0. The molecule has 2 aromatic carbocycles. The molecule has 0 heterocycles. The lowest BCUT2D eigenvalue weighted by Gasteiger charge is -2.20. The molecule has 0 spiro atoms. The topological polar surface area (TPSA) is 105 Å². The zero-order valence-corrected chi connectivity index (χ0v) is 20.6. The molecule has 1 aliphatic rings. The van der Waals surface area contributed by atoms with Crippen LogP contribution < -0.4 is 10.6 Å². The Labute approximate surface area is 207 Å². The van der Waals surface area contributed by atoms with Gasteiger partial charge < -0.3 is 20.5 Å². The molecular formula is C28H36N2O5. The molecule has 2 aromatic rings. The average molecular weight is 481 g/mol. The van der Waals surface area contributed by atoms with Crippen LogP contribution in [0.4, 0.5) is 4.79 Å². The molecule has 1 atom stereocenters. The molecule has 2 amide bonds. The zero-order chi connectivity index (χ0) is 25.2. The molecule has 35 heavy (non-hydrogen) atoms. The summed E-state index contributed by atoms with van der Waals surface area (Å²) in [5.74, 6) is -0.526. The van der Waals surface area contributed by atoms with Crippen LogP contribution in [0, 0.1) is 11.8 Å². The first-order valence-electron chi connectivity index (χ1n) is 12.4. The van der Waals surface area contributed by atoms with Gasteiger partial charge in [0, 0.05) is 31.8 Å². The number of carboxylic acid groups (broad SMARTS) is 1. The highest BCUT2D eigenvalue weighted by molar-refractivity contribution is 5.79. The number of benzene rings is 2. The highest BCUT2D eigenvalue weighted by Gasteiger charge is 2.29. The van der Waals surface area contributed by atoms with Crippen LogP contribution in [0.25, 0.3) is 11.1 Å². The molecule has 0 unspecified atom stereocenters. The largest absolute Gasteiger partial charge is 0.481 e. The molecule has 3 rings (SSSR count). The number of carbonyl (C=O) groups is 3. The van der Waals surface area contributed by atoms with Gasteiger partial charge in [-0.2, -0.15) is 0 Å². The summed E-state index contributed by atoms with van der Waals surface area (Å²) in [5, 5.41) is 14.4. The van der Waals surface area contributed by atoms with Gasteiger partial charge in [-0.3, -0.25) is 9.59 Å². The van der Waals surface area contributed by atoms with E-state index in [9.17, 15) is 14.4 Å². The van der Waals surface area contributed by atoms with E-state index in [4.69, 9.17) is 9.84 Å². The standard InChI is InChI=1S/C28H36N2O5/c1-19(2)15-20(16-26(31)29-14-8-7-13-27(32)33)17-30-28(34)35-18-25-23-11-5-3-9-21(23)22-10-4-6-12-24(22)25/h3-6,9-12,19-20,25H,7-8,13-18H2,1-2H3,(H,29,31)(H,30,34)(H,32,33)/t20-/m0/s1. The van der Waals surface area contributed by atoms with Gasteiger partial charge in [-0.1, -0.05) is 62.4 Å². The lowest BCUT2D eigenvalue weighted by atomic mass is 9.93. The number of alkyl carbamates (subject to hydrolysis) is 1.